The first kappa shape index (κ1) is 22.2. The molecule has 2 aromatic rings. The Labute approximate surface area is 183 Å². The van der Waals surface area contributed by atoms with Crippen LogP contribution in [0.4, 0.5) is 5.69 Å². The monoisotopic (exact) mass is 432 g/mol. The molecule has 1 unspecified atom stereocenters. The number of methoxy groups -OCH3 is 3. The number of carbonyl (C=O) groups excluding carboxylic acids is 1. The van der Waals surface area contributed by atoms with Crippen LogP contribution >= 0.6 is 11.6 Å². The maximum absolute atomic E-state index is 12.6. The molecular formula is C23H29ClN2O4. The smallest absolute Gasteiger partial charge is 0.225 e. The van der Waals surface area contributed by atoms with Crippen LogP contribution < -0.4 is 19.5 Å². The topological polar surface area (TPSA) is 60.0 Å². The van der Waals surface area contributed by atoms with Crippen molar-refractivity contribution in [2.24, 2.45) is 0 Å². The molecule has 0 saturated carbocycles. The van der Waals surface area contributed by atoms with Gasteiger partial charge in [-0.3, -0.25) is 9.69 Å². The number of anilines is 1. The van der Waals surface area contributed by atoms with Crippen LogP contribution in [0.15, 0.2) is 36.4 Å². The first-order valence-electron chi connectivity index (χ1n) is 10.1. The van der Waals surface area contributed by atoms with Gasteiger partial charge in [0.05, 0.1) is 21.3 Å². The highest BCUT2D eigenvalue weighted by atomic mass is 35.5. The van der Waals surface area contributed by atoms with Crippen molar-refractivity contribution in [3.8, 4) is 17.2 Å². The number of hydrogen-bond donors (Lipinski definition) is 1. The highest BCUT2D eigenvalue weighted by Crippen LogP contribution is 2.40. The highest BCUT2D eigenvalue weighted by molar-refractivity contribution is 6.31. The molecule has 1 aliphatic heterocycles. The number of nitrogens with one attached hydrogen (secondary N) is 1. The van der Waals surface area contributed by atoms with Gasteiger partial charge in [0.15, 0.2) is 11.5 Å². The Bertz CT molecular complexity index is 849. The largest absolute Gasteiger partial charge is 0.493 e. The normalized spacial score (nSPS) is 16.3. The summed E-state index contributed by atoms with van der Waals surface area (Å²) in [6.07, 6.45) is 3.59. The SMILES string of the molecule is COc1cc(NC(=O)CCN2CCCC2Cc2ccccc2Cl)cc(OC)c1OC. The summed E-state index contributed by atoms with van der Waals surface area (Å²) in [4.78, 5) is 15.0. The molecule has 0 aliphatic carbocycles. The number of rotatable bonds is 9. The number of hydrogen-bond acceptors (Lipinski definition) is 5. The van der Waals surface area contributed by atoms with Gasteiger partial charge in [-0.1, -0.05) is 29.8 Å². The quantitative estimate of drug-likeness (QED) is 0.636. The van der Waals surface area contributed by atoms with E-state index in [0.717, 1.165) is 36.4 Å². The highest BCUT2D eigenvalue weighted by Gasteiger charge is 2.25. The Hall–Kier alpha value is -2.44. The van der Waals surface area contributed by atoms with Crippen molar-refractivity contribution in [1.29, 1.82) is 0 Å². The number of halogens is 1. The molecule has 1 heterocycles. The molecule has 0 bridgehead atoms. The molecule has 2 aromatic carbocycles. The van der Waals surface area contributed by atoms with E-state index >= 15 is 0 Å². The van der Waals surface area contributed by atoms with Gasteiger partial charge in [-0.05, 0) is 37.4 Å². The number of carbonyl (C=O) groups is 1. The number of likely N-dealkylation sites (tertiary alicyclic amines) is 1. The second-order valence-electron chi connectivity index (χ2n) is 7.34. The molecule has 0 spiro atoms. The molecule has 1 saturated heterocycles. The van der Waals surface area contributed by atoms with Gasteiger partial charge in [-0.2, -0.15) is 0 Å². The van der Waals surface area contributed by atoms with Gasteiger partial charge in [0.1, 0.15) is 0 Å². The molecule has 1 amide bonds. The minimum absolute atomic E-state index is 0.0485. The lowest BCUT2D eigenvalue weighted by Crippen LogP contribution is -2.33. The van der Waals surface area contributed by atoms with Crippen molar-refractivity contribution in [3.63, 3.8) is 0 Å². The third-order valence-corrected chi connectivity index (χ3v) is 5.86. The zero-order valence-corrected chi connectivity index (χ0v) is 18.5. The van der Waals surface area contributed by atoms with E-state index in [9.17, 15) is 4.79 Å². The number of benzene rings is 2. The van der Waals surface area contributed by atoms with E-state index in [1.54, 1.807) is 33.5 Å². The minimum Gasteiger partial charge on any atom is -0.493 e. The Balaban J connectivity index is 1.58. The minimum atomic E-state index is -0.0485. The molecule has 1 atom stereocenters. The molecule has 0 radical (unpaired) electrons. The van der Waals surface area contributed by atoms with Gasteiger partial charge in [-0.25, -0.2) is 0 Å². The fraction of sp³-hybridized carbons (Fsp3) is 0.435. The van der Waals surface area contributed by atoms with Gasteiger partial charge >= 0.3 is 0 Å². The maximum Gasteiger partial charge on any atom is 0.225 e. The average Bonchev–Trinajstić information content (AvgIpc) is 3.20. The zero-order chi connectivity index (χ0) is 21.5. The Morgan fingerprint density at radius 2 is 1.83 bits per heavy atom. The third-order valence-electron chi connectivity index (χ3n) is 5.49. The number of nitrogens with zero attached hydrogens (tertiary/aromatic N) is 1. The van der Waals surface area contributed by atoms with Crippen LogP contribution in [0.3, 0.4) is 0 Å². The average molecular weight is 433 g/mol. The molecule has 1 aliphatic rings. The van der Waals surface area contributed by atoms with E-state index < -0.39 is 0 Å². The molecule has 0 aromatic heterocycles. The van der Waals surface area contributed by atoms with Crippen molar-refractivity contribution in [3.05, 3.63) is 47.0 Å². The van der Waals surface area contributed by atoms with Crippen LogP contribution in [-0.4, -0.2) is 51.3 Å². The molecule has 1 N–H and O–H groups in total. The van der Waals surface area contributed by atoms with Gasteiger partial charge in [0.2, 0.25) is 11.7 Å². The van der Waals surface area contributed by atoms with Crippen LogP contribution in [0.5, 0.6) is 17.2 Å². The molecule has 162 valence electrons. The van der Waals surface area contributed by atoms with Crippen LogP contribution in [-0.2, 0) is 11.2 Å². The molecular weight excluding hydrogens is 404 g/mol. The van der Waals surface area contributed by atoms with E-state index in [2.05, 4.69) is 16.3 Å². The molecule has 6 nitrogen and oxygen atoms in total. The van der Waals surface area contributed by atoms with E-state index in [0.29, 0.717) is 41.9 Å². The first-order chi connectivity index (χ1) is 14.5. The standard InChI is InChI=1S/C23H29ClN2O4/c1-28-20-14-17(15-21(29-2)23(20)30-3)25-22(27)10-12-26-11-6-8-18(26)13-16-7-4-5-9-19(16)24/h4-5,7,9,14-15,18H,6,8,10-13H2,1-3H3,(H,25,27). The van der Waals surface area contributed by atoms with Gasteiger partial charge in [-0.15, -0.1) is 0 Å². The van der Waals surface area contributed by atoms with E-state index in [4.69, 9.17) is 25.8 Å². The summed E-state index contributed by atoms with van der Waals surface area (Å²) in [5.41, 5.74) is 1.78. The van der Waals surface area contributed by atoms with E-state index in [-0.39, 0.29) is 5.91 Å². The van der Waals surface area contributed by atoms with Crippen molar-refractivity contribution in [1.82, 2.24) is 4.90 Å². The summed E-state index contributed by atoms with van der Waals surface area (Å²) in [5.74, 6) is 1.46. The summed E-state index contributed by atoms with van der Waals surface area (Å²) < 4.78 is 16.0. The summed E-state index contributed by atoms with van der Waals surface area (Å²) in [7, 11) is 4.65. The predicted molar refractivity (Wildman–Crippen MR) is 119 cm³/mol. The van der Waals surface area contributed by atoms with E-state index in [1.165, 1.54) is 0 Å². The Morgan fingerprint density at radius 3 is 2.47 bits per heavy atom. The van der Waals surface area contributed by atoms with Crippen molar-refractivity contribution in [2.75, 3.05) is 39.7 Å². The second-order valence-corrected chi connectivity index (χ2v) is 7.75. The van der Waals surface area contributed by atoms with Gasteiger partial charge in [0.25, 0.3) is 0 Å². The van der Waals surface area contributed by atoms with Crippen LogP contribution in [0.25, 0.3) is 0 Å². The van der Waals surface area contributed by atoms with Gasteiger partial charge < -0.3 is 19.5 Å². The lowest BCUT2D eigenvalue weighted by atomic mass is 10.0. The first-order valence-corrected chi connectivity index (χ1v) is 10.5. The molecule has 1 fully saturated rings. The second kappa shape index (κ2) is 10.5. The van der Waals surface area contributed by atoms with Crippen molar-refractivity contribution in [2.45, 2.75) is 31.7 Å². The number of amides is 1. The fourth-order valence-electron chi connectivity index (χ4n) is 3.96. The summed E-state index contributed by atoms with van der Waals surface area (Å²) in [6, 6.07) is 11.9. The summed E-state index contributed by atoms with van der Waals surface area (Å²) >= 11 is 6.33. The lowest BCUT2D eigenvalue weighted by Gasteiger charge is -2.24. The van der Waals surface area contributed by atoms with Crippen LogP contribution in [0, 0.1) is 0 Å². The summed E-state index contributed by atoms with van der Waals surface area (Å²) in [6.45, 7) is 1.72. The number of ether oxygens (including phenoxy) is 3. The lowest BCUT2D eigenvalue weighted by molar-refractivity contribution is -0.116. The van der Waals surface area contributed by atoms with Gasteiger partial charge in [0, 0.05) is 41.9 Å². The predicted octanol–water partition coefficient (Wildman–Crippen LogP) is 4.40. The molecule has 30 heavy (non-hydrogen) atoms. The fourth-order valence-corrected chi connectivity index (χ4v) is 4.17. The zero-order valence-electron chi connectivity index (χ0n) is 17.7. The van der Waals surface area contributed by atoms with Crippen LogP contribution in [0.2, 0.25) is 5.02 Å². The molecule has 7 heteroatoms. The van der Waals surface area contributed by atoms with Crippen molar-refractivity contribution >= 4 is 23.2 Å². The maximum atomic E-state index is 12.6. The van der Waals surface area contributed by atoms with Crippen LogP contribution in [0.1, 0.15) is 24.8 Å². The molecule has 3 rings (SSSR count). The van der Waals surface area contributed by atoms with Crippen molar-refractivity contribution < 1.29 is 19.0 Å². The Kier molecular flexibility index (Phi) is 7.82. The third kappa shape index (κ3) is 5.37. The van der Waals surface area contributed by atoms with E-state index in [1.807, 2.05) is 18.2 Å². The summed E-state index contributed by atoms with van der Waals surface area (Å²) in [5, 5.41) is 3.75. The Morgan fingerprint density at radius 1 is 1.13 bits per heavy atom.